The second kappa shape index (κ2) is 4.21. The summed E-state index contributed by atoms with van der Waals surface area (Å²) in [6.07, 6.45) is 2.64. The molecular weight excluding hydrogens is 144 g/mol. The number of hydrazine groups is 1. The summed E-state index contributed by atoms with van der Waals surface area (Å²) in [7, 11) is 4.11. The maximum atomic E-state index is 3.40. The Balaban J connectivity index is 2.13. The lowest BCUT2D eigenvalue weighted by molar-refractivity contribution is 0.233. The van der Waals surface area contributed by atoms with Crippen molar-refractivity contribution < 1.29 is 0 Å². The van der Waals surface area contributed by atoms with Crippen LogP contribution in [0.2, 0.25) is 0 Å². The highest BCUT2D eigenvalue weighted by Crippen LogP contribution is 2.16. The van der Waals surface area contributed by atoms with Crippen molar-refractivity contribution in [3.05, 3.63) is 0 Å². The van der Waals surface area contributed by atoms with Crippen molar-refractivity contribution in [3.63, 3.8) is 0 Å². The van der Waals surface area contributed by atoms with E-state index in [2.05, 4.69) is 36.3 Å². The molecule has 2 nitrogen and oxygen atoms in total. The minimum absolute atomic E-state index is 0.733. The van der Waals surface area contributed by atoms with Gasteiger partial charge in [0.25, 0.3) is 0 Å². The third-order valence-electron chi connectivity index (χ3n) is 1.66. The molecule has 0 aromatic carbocycles. The third kappa shape index (κ3) is 2.90. The first kappa shape index (κ1) is 8.37. The van der Waals surface area contributed by atoms with Crippen LogP contribution in [-0.4, -0.2) is 36.7 Å². The SMILES string of the molecule is CN(C)NC1CCSCC1. The average molecular weight is 160 g/mol. The standard InChI is InChI=1S/C7H16N2S/c1-9(2)8-7-3-5-10-6-4-7/h7-8H,3-6H2,1-2H3. The van der Waals surface area contributed by atoms with E-state index in [9.17, 15) is 0 Å². The summed E-state index contributed by atoms with van der Waals surface area (Å²) in [5, 5.41) is 2.06. The zero-order chi connectivity index (χ0) is 7.40. The molecule has 0 aliphatic carbocycles. The van der Waals surface area contributed by atoms with Gasteiger partial charge in [-0.3, -0.25) is 10.4 Å². The van der Waals surface area contributed by atoms with Crippen molar-refractivity contribution >= 4 is 11.8 Å². The molecule has 0 unspecified atom stereocenters. The molecule has 1 aliphatic rings. The van der Waals surface area contributed by atoms with Gasteiger partial charge in [0.05, 0.1) is 0 Å². The van der Waals surface area contributed by atoms with Crippen molar-refractivity contribution in [1.82, 2.24) is 10.4 Å². The van der Waals surface area contributed by atoms with Gasteiger partial charge in [-0.05, 0) is 24.3 Å². The fraction of sp³-hybridized carbons (Fsp3) is 1.00. The van der Waals surface area contributed by atoms with E-state index in [1.165, 1.54) is 24.3 Å². The molecule has 60 valence electrons. The Morgan fingerprint density at radius 3 is 2.40 bits per heavy atom. The van der Waals surface area contributed by atoms with E-state index in [0.717, 1.165) is 6.04 Å². The summed E-state index contributed by atoms with van der Waals surface area (Å²) in [6.45, 7) is 0. The van der Waals surface area contributed by atoms with Crippen LogP contribution in [0.4, 0.5) is 0 Å². The maximum Gasteiger partial charge on any atom is 0.0230 e. The topological polar surface area (TPSA) is 15.3 Å². The molecule has 1 fully saturated rings. The number of thioether (sulfide) groups is 1. The number of nitrogens with zero attached hydrogens (tertiary/aromatic N) is 1. The highest BCUT2D eigenvalue weighted by Gasteiger charge is 2.12. The van der Waals surface area contributed by atoms with Crippen LogP contribution in [-0.2, 0) is 0 Å². The first-order valence-electron chi connectivity index (χ1n) is 3.80. The van der Waals surface area contributed by atoms with Gasteiger partial charge in [-0.1, -0.05) is 0 Å². The molecule has 0 aromatic heterocycles. The number of hydrogen-bond donors (Lipinski definition) is 1. The van der Waals surface area contributed by atoms with Crippen LogP contribution in [0, 0.1) is 0 Å². The first-order valence-corrected chi connectivity index (χ1v) is 4.96. The van der Waals surface area contributed by atoms with E-state index in [1.54, 1.807) is 0 Å². The summed E-state index contributed by atoms with van der Waals surface area (Å²) in [4.78, 5) is 0. The molecule has 1 saturated heterocycles. The van der Waals surface area contributed by atoms with Crippen molar-refractivity contribution in [2.24, 2.45) is 0 Å². The van der Waals surface area contributed by atoms with E-state index in [4.69, 9.17) is 0 Å². The van der Waals surface area contributed by atoms with Crippen molar-refractivity contribution in [1.29, 1.82) is 0 Å². The second-order valence-corrected chi connectivity index (χ2v) is 4.13. The average Bonchev–Trinajstić information content (AvgIpc) is 1.88. The van der Waals surface area contributed by atoms with Crippen molar-refractivity contribution in [3.8, 4) is 0 Å². The molecule has 0 spiro atoms. The Kier molecular flexibility index (Phi) is 3.52. The largest absolute Gasteiger partial charge is 0.253 e. The fourth-order valence-electron chi connectivity index (χ4n) is 1.19. The van der Waals surface area contributed by atoms with Gasteiger partial charge in [0.2, 0.25) is 0 Å². The van der Waals surface area contributed by atoms with Gasteiger partial charge in [0, 0.05) is 20.1 Å². The Morgan fingerprint density at radius 2 is 1.90 bits per heavy atom. The van der Waals surface area contributed by atoms with E-state index >= 15 is 0 Å². The van der Waals surface area contributed by atoms with Crippen LogP contribution in [0.5, 0.6) is 0 Å². The summed E-state index contributed by atoms with van der Waals surface area (Å²) in [5.74, 6) is 2.65. The molecule has 10 heavy (non-hydrogen) atoms. The van der Waals surface area contributed by atoms with Crippen LogP contribution in [0.3, 0.4) is 0 Å². The highest BCUT2D eigenvalue weighted by atomic mass is 32.2. The zero-order valence-electron chi connectivity index (χ0n) is 6.76. The zero-order valence-corrected chi connectivity index (χ0v) is 7.58. The Hall–Kier alpha value is 0.270. The van der Waals surface area contributed by atoms with Gasteiger partial charge in [-0.15, -0.1) is 0 Å². The van der Waals surface area contributed by atoms with Gasteiger partial charge < -0.3 is 0 Å². The van der Waals surface area contributed by atoms with E-state index in [1.807, 2.05) is 0 Å². The molecule has 1 rings (SSSR count). The minimum atomic E-state index is 0.733. The van der Waals surface area contributed by atoms with Gasteiger partial charge >= 0.3 is 0 Å². The molecule has 1 aliphatic heterocycles. The lowest BCUT2D eigenvalue weighted by atomic mass is 10.2. The predicted molar refractivity (Wildman–Crippen MR) is 47.2 cm³/mol. The first-order chi connectivity index (χ1) is 4.79. The molecule has 0 amide bonds. The second-order valence-electron chi connectivity index (χ2n) is 2.91. The predicted octanol–water partition coefficient (Wildman–Crippen LogP) is 0.948. The quantitative estimate of drug-likeness (QED) is 0.605. The molecular formula is C7H16N2S. The highest BCUT2D eigenvalue weighted by molar-refractivity contribution is 7.99. The molecule has 0 saturated carbocycles. The summed E-state index contributed by atoms with van der Waals surface area (Å²) < 4.78 is 0. The normalized spacial score (nSPS) is 21.9. The van der Waals surface area contributed by atoms with Crippen LogP contribution < -0.4 is 5.43 Å². The molecule has 1 N–H and O–H groups in total. The van der Waals surface area contributed by atoms with Crippen LogP contribution >= 0.6 is 11.8 Å². The van der Waals surface area contributed by atoms with E-state index in [0.29, 0.717) is 0 Å². The lowest BCUT2D eigenvalue weighted by Crippen LogP contribution is -2.41. The molecule has 0 bridgehead atoms. The smallest absolute Gasteiger partial charge is 0.0230 e. The molecule has 0 atom stereocenters. The number of rotatable bonds is 2. The Bertz CT molecular complexity index is 89.6. The summed E-state index contributed by atoms with van der Waals surface area (Å²) in [6, 6.07) is 0.733. The third-order valence-corrected chi connectivity index (χ3v) is 2.71. The van der Waals surface area contributed by atoms with Gasteiger partial charge in [-0.2, -0.15) is 11.8 Å². The summed E-state index contributed by atoms with van der Waals surface area (Å²) in [5.41, 5.74) is 3.40. The fourth-order valence-corrected chi connectivity index (χ4v) is 2.30. The van der Waals surface area contributed by atoms with E-state index < -0.39 is 0 Å². The Labute approximate surface area is 67.3 Å². The molecule has 1 heterocycles. The summed E-state index contributed by atoms with van der Waals surface area (Å²) >= 11 is 2.07. The van der Waals surface area contributed by atoms with Crippen LogP contribution in [0.25, 0.3) is 0 Å². The van der Waals surface area contributed by atoms with Gasteiger partial charge in [0.1, 0.15) is 0 Å². The van der Waals surface area contributed by atoms with Crippen LogP contribution in [0.1, 0.15) is 12.8 Å². The minimum Gasteiger partial charge on any atom is -0.253 e. The van der Waals surface area contributed by atoms with Gasteiger partial charge in [-0.25, -0.2) is 0 Å². The Morgan fingerprint density at radius 1 is 1.30 bits per heavy atom. The van der Waals surface area contributed by atoms with Crippen molar-refractivity contribution in [2.45, 2.75) is 18.9 Å². The molecule has 0 aromatic rings. The number of hydrogen-bond acceptors (Lipinski definition) is 3. The molecule has 0 radical (unpaired) electrons. The lowest BCUT2D eigenvalue weighted by Gasteiger charge is -2.25. The van der Waals surface area contributed by atoms with Crippen molar-refractivity contribution in [2.75, 3.05) is 25.6 Å². The maximum absolute atomic E-state index is 3.40. The van der Waals surface area contributed by atoms with Gasteiger partial charge in [0.15, 0.2) is 0 Å². The molecule has 3 heteroatoms. The van der Waals surface area contributed by atoms with Crippen LogP contribution in [0.15, 0.2) is 0 Å². The number of nitrogens with one attached hydrogen (secondary N) is 1. The van der Waals surface area contributed by atoms with E-state index in [-0.39, 0.29) is 0 Å². The monoisotopic (exact) mass is 160 g/mol.